The fourth-order valence-electron chi connectivity index (χ4n) is 2.23. The van der Waals surface area contributed by atoms with Gasteiger partial charge in [-0.25, -0.2) is 4.79 Å². The summed E-state index contributed by atoms with van der Waals surface area (Å²) in [5.74, 6) is 0.0444. The molecule has 2 N–H and O–H groups in total. The van der Waals surface area contributed by atoms with Crippen LogP contribution in [-0.2, 0) is 9.31 Å². The summed E-state index contributed by atoms with van der Waals surface area (Å²) in [5, 5.41) is 4.24. The highest BCUT2D eigenvalue weighted by Gasteiger charge is 2.51. The zero-order valence-electron chi connectivity index (χ0n) is 12.9. The van der Waals surface area contributed by atoms with Gasteiger partial charge in [-0.3, -0.25) is 0 Å². The maximum Gasteiger partial charge on any atom is 0.494 e. The third kappa shape index (κ3) is 2.34. The molecule has 0 saturated carbocycles. The average Bonchev–Trinajstić information content (AvgIpc) is 2.88. The fourth-order valence-corrected chi connectivity index (χ4v) is 2.23. The van der Waals surface area contributed by atoms with E-state index in [4.69, 9.17) is 24.3 Å². The first-order valence-electron chi connectivity index (χ1n) is 6.92. The largest absolute Gasteiger partial charge is 0.494 e. The maximum absolute atomic E-state index is 10.8. The molecule has 22 heavy (non-hydrogen) atoms. The topological polar surface area (TPSA) is 96.8 Å². The number of rotatable bonds is 2. The standard InChI is InChI=1S/C14H17BN2O5/c1-13(2)14(3,4)22-15(21-13)8-5-6-9-10(7-8)20-17-11(9)19-12(16)18/h5-7H,1-4H3,(H2,16,18). The third-order valence-corrected chi connectivity index (χ3v) is 4.19. The summed E-state index contributed by atoms with van der Waals surface area (Å²) in [6.07, 6.45) is -0.940. The second-order valence-corrected chi connectivity index (χ2v) is 6.25. The maximum atomic E-state index is 10.8. The second-order valence-electron chi connectivity index (χ2n) is 6.25. The van der Waals surface area contributed by atoms with E-state index in [1.807, 2.05) is 33.8 Å². The molecule has 1 aromatic heterocycles. The highest BCUT2D eigenvalue weighted by molar-refractivity contribution is 6.62. The molecule has 3 rings (SSSR count). The Morgan fingerprint density at radius 2 is 1.86 bits per heavy atom. The normalized spacial score (nSPS) is 19.5. The lowest BCUT2D eigenvalue weighted by atomic mass is 9.79. The number of nitrogens with two attached hydrogens (primary N) is 1. The predicted molar refractivity (Wildman–Crippen MR) is 79.9 cm³/mol. The van der Waals surface area contributed by atoms with Crippen LogP contribution in [0, 0.1) is 0 Å². The molecule has 0 unspecified atom stereocenters. The molecular weight excluding hydrogens is 287 g/mol. The molecule has 8 heteroatoms. The minimum absolute atomic E-state index is 0.0444. The van der Waals surface area contributed by atoms with Gasteiger partial charge in [0.05, 0.1) is 16.6 Å². The lowest BCUT2D eigenvalue weighted by molar-refractivity contribution is 0.00578. The minimum atomic E-state index is -0.940. The van der Waals surface area contributed by atoms with Gasteiger partial charge >= 0.3 is 13.2 Å². The first-order valence-corrected chi connectivity index (χ1v) is 6.92. The van der Waals surface area contributed by atoms with Gasteiger partial charge in [0, 0.05) is 0 Å². The van der Waals surface area contributed by atoms with Crippen LogP contribution in [-0.4, -0.2) is 29.6 Å². The number of amides is 1. The highest BCUT2D eigenvalue weighted by Crippen LogP contribution is 2.36. The molecule has 1 amide bonds. The minimum Gasteiger partial charge on any atom is -0.399 e. The SMILES string of the molecule is CC1(C)OB(c2ccc3c(OC(N)=O)noc3c2)OC1(C)C. The van der Waals surface area contributed by atoms with Crippen molar-refractivity contribution in [2.75, 3.05) is 0 Å². The van der Waals surface area contributed by atoms with Crippen LogP contribution in [0.1, 0.15) is 27.7 Å². The molecule has 0 radical (unpaired) electrons. The molecule has 2 aromatic rings. The zero-order valence-corrected chi connectivity index (χ0v) is 12.9. The number of aromatic nitrogens is 1. The number of nitrogens with zero attached hydrogens (tertiary/aromatic N) is 1. The molecule has 1 fully saturated rings. The van der Waals surface area contributed by atoms with Crippen molar-refractivity contribution in [2.45, 2.75) is 38.9 Å². The number of carbonyl (C=O) groups is 1. The molecule has 1 saturated heterocycles. The first kappa shape index (κ1) is 14.9. The number of hydrogen-bond acceptors (Lipinski definition) is 6. The fraction of sp³-hybridized carbons (Fsp3) is 0.429. The Balaban J connectivity index is 1.92. The molecule has 1 aromatic carbocycles. The van der Waals surface area contributed by atoms with Crippen molar-refractivity contribution < 1.29 is 23.4 Å². The van der Waals surface area contributed by atoms with Crippen LogP contribution in [0.4, 0.5) is 4.79 Å². The monoisotopic (exact) mass is 304 g/mol. The van der Waals surface area contributed by atoms with Crippen LogP contribution in [0.2, 0.25) is 0 Å². The second kappa shape index (κ2) is 4.72. The molecular formula is C14H17BN2O5. The Kier molecular flexibility index (Phi) is 3.19. The number of carbonyl (C=O) groups excluding carboxylic acids is 1. The van der Waals surface area contributed by atoms with Crippen LogP contribution in [0.25, 0.3) is 11.0 Å². The third-order valence-electron chi connectivity index (χ3n) is 4.19. The Bertz CT molecular complexity index is 724. The van der Waals surface area contributed by atoms with Gasteiger partial charge in [-0.1, -0.05) is 6.07 Å². The summed E-state index contributed by atoms with van der Waals surface area (Å²) in [4.78, 5) is 10.8. The van der Waals surface area contributed by atoms with E-state index in [0.717, 1.165) is 5.46 Å². The van der Waals surface area contributed by atoms with Gasteiger partial charge in [0.15, 0.2) is 5.58 Å². The van der Waals surface area contributed by atoms with Crippen molar-refractivity contribution in [3.05, 3.63) is 18.2 Å². The van der Waals surface area contributed by atoms with E-state index in [9.17, 15) is 4.79 Å². The van der Waals surface area contributed by atoms with E-state index < -0.39 is 24.4 Å². The number of ether oxygens (including phenoxy) is 1. The molecule has 0 aliphatic carbocycles. The molecule has 0 spiro atoms. The molecule has 7 nitrogen and oxygen atoms in total. The lowest BCUT2D eigenvalue weighted by Gasteiger charge is -2.32. The quantitative estimate of drug-likeness (QED) is 0.846. The summed E-state index contributed by atoms with van der Waals surface area (Å²) in [5.41, 5.74) is 5.40. The number of fused-ring (bicyclic) bond motifs is 1. The van der Waals surface area contributed by atoms with Gasteiger partial charge < -0.3 is 24.3 Å². The number of hydrogen-bond donors (Lipinski definition) is 1. The van der Waals surface area contributed by atoms with Crippen LogP contribution >= 0.6 is 0 Å². The molecule has 1 aliphatic heterocycles. The molecule has 0 bridgehead atoms. The van der Waals surface area contributed by atoms with E-state index in [-0.39, 0.29) is 5.88 Å². The average molecular weight is 304 g/mol. The number of primary amides is 1. The van der Waals surface area contributed by atoms with Crippen LogP contribution < -0.4 is 15.9 Å². The van der Waals surface area contributed by atoms with Crippen molar-refractivity contribution in [3.63, 3.8) is 0 Å². The van der Waals surface area contributed by atoms with E-state index in [0.29, 0.717) is 11.0 Å². The Morgan fingerprint density at radius 1 is 1.23 bits per heavy atom. The summed E-state index contributed by atoms with van der Waals surface area (Å²) < 4.78 is 21.9. The zero-order chi connectivity index (χ0) is 16.1. The van der Waals surface area contributed by atoms with Crippen LogP contribution in [0.3, 0.4) is 0 Å². The summed E-state index contributed by atoms with van der Waals surface area (Å²) in [6, 6.07) is 5.29. The Morgan fingerprint density at radius 3 is 2.45 bits per heavy atom. The van der Waals surface area contributed by atoms with Gasteiger partial charge in [-0.2, -0.15) is 0 Å². The van der Waals surface area contributed by atoms with Crippen molar-refractivity contribution in [1.82, 2.24) is 5.16 Å². The van der Waals surface area contributed by atoms with Crippen molar-refractivity contribution in [1.29, 1.82) is 0 Å². The summed E-state index contributed by atoms with van der Waals surface area (Å²) >= 11 is 0. The summed E-state index contributed by atoms with van der Waals surface area (Å²) in [6.45, 7) is 7.94. The van der Waals surface area contributed by atoms with E-state index in [1.54, 1.807) is 12.1 Å². The van der Waals surface area contributed by atoms with Gasteiger partial charge in [0.25, 0.3) is 5.88 Å². The van der Waals surface area contributed by atoms with Crippen LogP contribution in [0.15, 0.2) is 22.7 Å². The van der Waals surface area contributed by atoms with Gasteiger partial charge in [-0.15, -0.1) is 0 Å². The van der Waals surface area contributed by atoms with Gasteiger partial charge in [-0.05, 0) is 50.4 Å². The smallest absolute Gasteiger partial charge is 0.399 e. The molecule has 116 valence electrons. The molecule has 0 atom stereocenters. The van der Waals surface area contributed by atoms with Crippen molar-refractivity contribution in [2.24, 2.45) is 5.73 Å². The van der Waals surface area contributed by atoms with E-state index >= 15 is 0 Å². The van der Waals surface area contributed by atoms with E-state index in [2.05, 4.69) is 5.16 Å². The van der Waals surface area contributed by atoms with Crippen molar-refractivity contribution >= 4 is 29.6 Å². The highest BCUT2D eigenvalue weighted by atomic mass is 16.7. The Labute approximate surface area is 127 Å². The molecule has 2 heterocycles. The molecule has 1 aliphatic rings. The predicted octanol–water partition coefficient (Wildman–Crippen LogP) is 1.58. The summed E-state index contributed by atoms with van der Waals surface area (Å²) in [7, 11) is -0.500. The van der Waals surface area contributed by atoms with E-state index in [1.165, 1.54) is 0 Å². The van der Waals surface area contributed by atoms with Crippen molar-refractivity contribution in [3.8, 4) is 5.88 Å². The number of benzene rings is 1. The first-order chi connectivity index (χ1) is 10.2. The Hall–Kier alpha value is -2.06. The van der Waals surface area contributed by atoms with Gasteiger partial charge in [0.1, 0.15) is 0 Å². The lowest BCUT2D eigenvalue weighted by Crippen LogP contribution is -2.41. The van der Waals surface area contributed by atoms with Crippen LogP contribution in [0.5, 0.6) is 5.88 Å². The van der Waals surface area contributed by atoms with Gasteiger partial charge in [0.2, 0.25) is 0 Å².